The summed E-state index contributed by atoms with van der Waals surface area (Å²) >= 11 is 0. The molecule has 2 heteroatoms. The molecule has 1 saturated heterocycles. The van der Waals surface area contributed by atoms with Crippen molar-refractivity contribution < 1.29 is 9.47 Å². The monoisotopic (exact) mass is 264 g/mol. The number of fused-ring (bicyclic) bond motifs is 3. The highest BCUT2D eigenvalue weighted by Crippen LogP contribution is 2.67. The van der Waals surface area contributed by atoms with Gasteiger partial charge in [0.05, 0.1) is 12.7 Å². The predicted molar refractivity (Wildman–Crippen MR) is 74.7 cm³/mol. The van der Waals surface area contributed by atoms with Crippen LogP contribution in [0.15, 0.2) is 0 Å². The minimum absolute atomic E-state index is 0.186. The summed E-state index contributed by atoms with van der Waals surface area (Å²) < 4.78 is 12.9. The van der Waals surface area contributed by atoms with Crippen LogP contribution < -0.4 is 0 Å². The SMILES string of the molecule is CC1(C)C2CC[C@@]1(C)[C@H](O[C@@]13CCC[C@@H]1CCO3)C2. The predicted octanol–water partition coefficient (Wildman–Crippen LogP) is 4.13. The van der Waals surface area contributed by atoms with Crippen LogP contribution in [0.2, 0.25) is 0 Å². The molecule has 0 spiro atoms. The maximum Gasteiger partial charge on any atom is 0.171 e. The third-order valence-electron chi connectivity index (χ3n) is 7.57. The molecule has 2 nitrogen and oxygen atoms in total. The average Bonchev–Trinajstić information content (AvgIpc) is 2.99. The highest BCUT2D eigenvalue weighted by atomic mass is 16.7. The fourth-order valence-electron chi connectivity index (χ4n) is 5.69. The van der Waals surface area contributed by atoms with Gasteiger partial charge in [-0.1, -0.05) is 20.8 Å². The topological polar surface area (TPSA) is 18.5 Å². The second-order valence-corrected chi connectivity index (χ2v) is 8.26. The lowest BCUT2D eigenvalue weighted by Crippen LogP contribution is -2.45. The molecule has 4 rings (SSSR count). The van der Waals surface area contributed by atoms with Crippen molar-refractivity contribution in [1.82, 2.24) is 0 Å². The Morgan fingerprint density at radius 1 is 1.00 bits per heavy atom. The molecular formula is C17H28O2. The van der Waals surface area contributed by atoms with Gasteiger partial charge in [-0.15, -0.1) is 0 Å². The smallest absolute Gasteiger partial charge is 0.171 e. The van der Waals surface area contributed by atoms with Crippen molar-refractivity contribution in [2.45, 2.75) is 77.6 Å². The standard InChI is InChI=1S/C17H28O2/c1-15(2)13-6-9-16(15,3)14(11-13)19-17-8-4-5-12(17)7-10-18-17/h12-14H,4-11H2,1-3H3/t12-,13?,14-,16+,17+/m1/s1. The zero-order valence-corrected chi connectivity index (χ0v) is 12.7. The summed E-state index contributed by atoms with van der Waals surface area (Å²) in [7, 11) is 0. The second kappa shape index (κ2) is 3.76. The molecule has 1 heterocycles. The summed E-state index contributed by atoms with van der Waals surface area (Å²) in [4.78, 5) is 0. The molecule has 5 atom stereocenters. The first-order valence-corrected chi connectivity index (χ1v) is 8.30. The van der Waals surface area contributed by atoms with Gasteiger partial charge < -0.3 is 9.47 Å². The van der Waals surface area contributed by atoms with Crippen LogP contribution in [0.3, 0.4) is 0 Å². The number of rotatable bonds is 2. The molecule has 19 heavy (non-hydrogen) atoms. The Bertz CT molecular complexity index is 379. The molecule has 1 aliphatic heterocycles. The lowest BCUT2D eigenvalue weighted by atomic mass is 9.70. The van der Waals surface area contributed by atoms with Crippen molar-refractivity contribution in [2.75, 3.05) is 6.61 Å². The van der Waals surface area contributed by atoms with Crippen LogP contribution in [0.5, 0.6) is 0 Å². The molecule has 0 radical (unpaired) electrons. The Balaban J connectivity index is 1.59. The molecule has 1 unspecified atom stereocenters. The summed E-state index contributed by atoms with van der Waals surface area (Å²) in [5.41, 5.74) is 0.812. The van der Waals surface area contributed by atoms with Crippen LogP contribution in [0, 0.1) is 22.7 Å². The Hall–Kier alpha value is -0.0800. The van der Waals surface area contributed by atoms with Crippen molar-refractivity contribution >= 4 is 0 Å². The van der Waals surface area contributed by atoms with E-state index in [2.05, 4.69) is 20.8 Å². The van der Waals surface area contributed by atoms with E-state index >= 15 is 0 Å². The highest BCUT2D eigenvalue weighted by molar-refractivity contribution is 5.12. The van der Waals surface area contributed by atoms with Gasteiger partial charge in [-0.2, -0.15) is 0 Å². The average molecular weight is 264 g/mol. The zero-order chi connectivity index (χ0) is 13.3. The van der Waals surface area contributed by atoms with E-state index in [1.54, 1.807) is 0 Å². The molecule has 3 aliphatic carbocycles. The third kappa shape index (κ3) is 1.45. The van der Waals surface area contributed by atoms with E-state index in [1.165, 1.54) is 38.5 Å². The largest absolute Gasteiger partial charge is 0.350 e. The van der Waals surface area contributed by atoms with Crippen LogP contribution in [-0.2, 0) is 9.47 Å². The summed E-state index contributed by atoms with van der Waals surface area (Å²) in [6, 6.07) is 0. The first-order valence-electron chi connectivity index (χ1n) is 8.30. The molecule has 0 aromatic heterocycles. The minimum atomic E-state index is -0.186. The van der Waals surface area contributed by atoms with Crippen molar-refractivity contribution in [3.8, 4) is 0 Å². The Kier molecular flexibility index (Phi) is 2.50. The van der Waals surface area contributed by atoms with Gasteiger partial charge >= 0.3 is 0 Å². The van der Waals surface area contributed by atoms with Gasteiger partial charge in [0.2, 0.25) is 0 Å². The first-order chi connectivity index (χ1) is 8.98. The molecule has 2 bridgehead atoms. The summed E-state index contributed by atoms with van der Waals surface area (Å²) in [5.74, 6) is 1.35. The summed E-state index contributed by atoms with van der Waals surface area (Å²) in [6.45, 7) is 8.32. The quantitative estimate of drug-likeness (QED) is 0.746. The van der Waals surface area contributed by atoms with E-state index in [9.17, 15) is 0 Å². The molecule has 4 aliphatic rings. The first kappa shape index (κ1) is 12.6. The molecule has 0 aromatic rings. The fourth-order valence-corrected chi connectivity index (χ4v) is 5.69. The third-order valence-corrected chi connectivity index (χ3v) is 7.57. The fraction of sp³-hybridized carbons (Fsp3) is 1.00. The summed E-state index contributed by atoms with van der Waals surface area (Å²) in [5, 5.41) is 0. The summed E-state index contributed by atoms with van der Waals surface area (Å²) in [6.07, 6.45) is 9.40. The Morgan fingerprint density at radius 2 is 1.84 bits per heavy atom. The van der Waals surface area contributed by atoms with Crippen molar-refractivity contribution in [2.24, 2.45) is 22.7 Å². The van der Waals surface area contributed by atoms with Gasteiger partial charge in [0.25, 0.3) is 0 Å². The molecular weight excluding hydrogens is 236 g/mol. The normalized spacial score (nSPS) is 54.8. The lowest BCUT2D eigenvalue weighted by molar-refractivity contribution is -0.265. The lowest BCUT2D eigenvalue weighted by Gasteiger charge is -2.43. The molecule has 0 N–H and O–H groups in total. The van der Waals surface area contributed by atoms with Crippen LogP contribution >= 0.6 is 0 Å². The molecule has 0 amide bonds. The maximum atomic E-state index is 6.73. The van der Waals surface area contributed by atoms with E-state index in [0.717, 1.165) is 18.9 Å². The highest BCUT2D eigenvalue weighted by Gasteiger charge is 2.64. The molecule has 0 aromatic carbocycles. The van der Waals surface area contributed by atoms with Gasteiger partial charge in [0.1, 0.15) is 0 Å². The molecule has 108 valence electrons. The molecule has 4 fully saturated rings. The van der Waals surface area contributed by atoms with E-state index in [0.29, 0.717) is 22.9 Å². The van der Waals surface area contributed by atoms with Gasteiger partial charge in [-0.05, 0) is 55.3 Å². The molecule has 3 saturated carbocycles. The van der Waals surface area contributed by atoms with Gasteiger partial charge in [0, 0.05) is 12.3 Å². The van der Waals surface area contributed by atoms with Crippen LogP contribution in [0.1, 0.15) is 65.7 Å². The second-order valence-electron chi connectivity index (χ2n) is 8.26. The van der Waals surface area contributed by atoms with Crippen molar-refractivity contribution in [3.63, 3.8) is 0 Å². The van der Waals surface area contributed by atoms with E-state index in [1.807, 2.05) is 0 Å². The number of hydrogen-bond donors (Lipinski definition) is 0. The van der Waals surface area contributed by atoms with Crippen LogP contribution in [0.25, 0.3) is 0 Å². The van der Waals surface area contributed by atoms with Gasteiger partial charge in [-0.25, -0.2) is 0 Å². The number of hydrogen-bond acceptors (Lipinski definition) is 2. The van der Waals surface area contributed by atoms with Gasteiger partial charge in [0.15, 0.2) is 5.79 Å². The van der Waals surface area contributed by atoms with E-state index < -0.39 is 0 Å². The van der Waals surface area contributed by atoms with Crippen LogP contribution in [-0.4, -0.2) is 18.5 Å². The minimum Gasteiger partial charge on any atom is -0.350 e. The van der Waals surface area contributed by atoms with E-state index in [-0.39, 0.29) is 5.79 Å². The number of ether oxygens (including phenoxy) is 2. The maximum absolute atomic E-state index is 6.73. The zero-order valence-electron chi connectivity index (χ0n) is 12.7. The van der Waals surface area contributed by atoms with Crippen LogP contribution in [0.4, 0.5) is 0 Å². The Labute approximate surface area is 117 Å². The van der Waals surface area contributed by atoms with Gasteiger partial charge in [-0.3, -0.25) is 0 Å². The van der Waals surface area contributed by atoms with E-state index in [4.69, 9.17) is 9.47 Å². The van der Waals surface area contributed by atoms with Crippen molar-refractivity contribution in [3.05, 3.63) is 0 Å². The van der Waals surface area contributed by atoms with Crippen molar-refractivity contribution in [1.29, 1.82) is 0 Å². The Morgan fingerprint density at radius 3 is 2.53 bits per heavy atom.